The molecule has 1 saturated heterocycles. The van der Waals surface area contributed by atoms with Crippen molar-refractivity contribution in [2.24, 2.45) is 17.8 Å². The lowest BCUT2D eigenvalue weighted by Crippen LogP contribution is -3.15. The number of hydrogen-bond acceptors (Lipinski definition) is 3. The highest BCUT2D eigenvalue weighted by Crippen LogP contribution is 2.35. The van der Waals surface area contributed by atoms with Crippen molar-refractivity contribution >= 4 is 0 Å². The molecule has 1 heterocycles. The van der Waals surface area contributed by atoms with Crippen LogP contribution in [0.4, 0.5) is 0 Å². The van der Waals surface area contributed by atoms with Crippen LogP contribution in [0.3, 0.4) is 0 Å². The number of rotatable bonds is 6. The Labute approximate surface area is 129 Å². The monoisotopic (exact) mass is 300 g/mol. The molecule has 1 aliphatic carbocycles. The summed E-state index contributed by atoms with van der Waals surface area (Å²) < 4.78 is 11.5. The number of nitrogens with one attached hydrogen (secondary N) is 1. The molecule has 4 nitrogen and oxygen atoms in total. The highest BCUT2D eigenvalue weighted by molar-refractivity contribution is 4.81. The Hall–Kier alpha value is -0.160. The van der Waals surface area contributed by atoms with E-state index in [1.165, 1.54) is 17.7 Å². The molecule has 2 N–H and O–H groups in total. The van der Waals surface area contributed by atoms with E-state index in [-0.39, 0.29) is 6.10 Å². The first kappa shape index (κ1) is 17.2. The summed E-state index contributed by atoms with van der Waals surface area (Å²) in [5.41, 5.74) is 0. The standard InChI is InChI=1S/C17H33NO3/c1-13(2)16-5-4-14(3)10-17(16)21-12-15(19)11-18-6-8-20-9-7-18/h13-17,19H,4-12H2,1-3H3/p+1/t14-,15+,16+,17-/m0/s1. The third kappa shape index (κ3) is 5.51. The van der Waals surface area contributed by atoms with E-state index in [4.69, 9.17) is 9.47 Å². The maximum atomic E-state index is 10.2. The quantitative estimate of drug-likeness (QED) is 0.760. The van der Waals surface area contributed by atoms with Gasteiger partial charge < -0.3 is 19.5 Å². The van der Waals surface area contributed by atoms with Gasteiger partial charge in [0.1, 0.15) is 25.7 Å². The van der Waals surface area contributed by atoms with Crippen molar-refractivity contribution in [1.82, 2.24) is 0 Å². The molecule has 2 fully saturated rings. The van der Waals surface area contributed by atoms with E-state index in [9.17, 15) is 5.11 Å². The molecule has 2 aliphatic rings. The van der Waals surface area contributed by atoms with Gasteiger partial charge in [-0.15, -0.1) is 0 Å². The fourth-order valence-corrected chi connectivity index (χ4v) is 3.80. The molecule has 0 spiro atoms. The molecular formula is C17H34NO3+. The summed E-state index contributed by atoms with van der Waals surface area (Å²) in [5, 5.41) is 10.2. The normalized spacial score (nSPS) is 33.3. The topological polar surface area (TPSA) is 43.1 Å². The summed E-state index contributed by atoms with van der Waals surface area (Å²) in [5.74, 6) is 2.08. The van der Waals surface area contributed by atoms with E-state index in [0.717, 1.165) is 45.2 Å². The summed E-state index contributed by atoms with van der Waals surface area (Å²) in [6.07, 6.45) is 3.74. The molecule has 124 valence electrons. The molecule has 0 bridgehead atoms. The van der Waals surface area contributed by atoms with Crippen LogP contribution in [0.1, 0.15) is 40.0 Å². The smallest absolute Gasteiger partial charge is 0.126 e. The largest absolute Gasteiger partial charge is 0.385 e. The van der Waals surface area contributed by atoms with Crippen molar-refractivity contribution in [3.8, 4) is 0 Å². The lowest BCUT2D eigenvalue weighted by atomic mass is 9.75. The zero-order valence-corrected chi connectivity index (χ0v) is 14.0. The van der Waals surface area contributed by atoms with E-state index in [2.05, 4.69) is 20.8 Å². The third-order valence-electron chi connectivity index (χ3n) is 5.19. The van der Waals surface area contributed by atoms with Crippen LogP contribution in [0.25, 0.3) is 0 Å². The second-order valence-corrected chi connectivity index (χ2v) is 7.42. The number of aliphatic hydroxyl groups excluding tert-OH is 1. The van der Waals surface area contributed by atoms with Gasteiger partial charge in [0.15, 0.2) is 0 Å². The molecule has 0 aromatic rings. The maximum absolute atomic E-state index is 10.2. The summed E-state index contributed by atoms with van der Waals surface area (Å²) in [4.78, 5) is 1.44. The molecule has 0 amide bonds. The summed E-state index contributed by atoms with van der Waals surface area (Å²) in [6, 6.07) is 0. The predicted molar refractivity (Wildman–Crippen MR) is 83.5 cm³/mol. The van der Waals surface area contributed by atoms with Gasteiger partial charge in [0.05, 0.1) is 25.9 Å². The van der Waals surface area contributed by atoms with Gasteiger partial charge in [-0.1, -0.05) is 27.2 Å². The van der Waals surface area contributed by atoms with E-state index in [0.29, 0.717) is 24.5 Å². The van der Waals surface area contributed by atoms with Crippen LogP contribution in [-0.4, -0.2) is 56.8 Å². The summed E-state index contributed by atoms with van der Waals surface area (Å²) >= 11 is 0. The van der Waals surface area contributed by atoms with E-state index >= 15 is 0 Å². The van der Waals surface area contributed by atoms with Gasteiger partial charge in [0, 0.05) is 0 Å². The minimum atomic E-state index is -0.344. The molecule has 0 unspecified atom stereocenters. The number of quaternary nitrogens is 1. The van der Waals surface area contributed by atoms with Crippen molar-refractivity contribution in [2.45, 2.75) is 52.2 Å². The SMILES string of the molecule is CC(C)[C@H]1CC[C@H](C)C[C@@H]1OC[C@H](O)C[NH+]1CCOCC1. The number of hydrogen-bond donors (Lipinski definition) is 2. The molecule has 2 rings (SSSR count). The van der Waals surface area contributed by atoms with Crippen molar-refractivity contribution in [2.75, 3.05) is 39.5 Å². The van der Waals surface area contributed by atoms with Crippen LogP contribution in [-0.2, 0) is 9.47 Å². The van der Waals surface area contributed by atoms with Crippen LogP contribution in [0, 0.1) is 17.8 Å². The van der Waals surface area contributed by atoms with Crippen LogP contribution in [0.15, 0.2) is 0 Å². The lowest BCUT2D eigenvalue weighted by Gasteiger charge is -2.37. The van der Waals surface area contributed by atoms with Crippen LogP contribution < -0.4 is 4.90 Å². The Balaban J connectivity index is 1.73. The van der Waals surface area contributed by atoms with Gasteiger partial charge in [-0.3, -0.25) is 0 Å². The summed E-state index contributed by atoms with van der Waals surface area (Å²) in [7, 11) is 0. The molecule has 4 heteroatoms. The predicted octanol–water partition coefficient (Wildman–Crippen LogP) is 0.740. The number of ether oxygens (including phenoxy) is 2. The summed E-state index contributed by atoms with van der Waals surface area (Å²) in [6.45, 7) is 11.8. The first-order chi connectivity index (χ1) is 10.1. The van der Waals surface area contributed by atoms with Gasteiger partial charge >= 0.3 is 0 Å². The van der Waals surface area contributed by atoms with Gasteiger partial charge in [-0.2, -0.15) is 0 Å². The van der Waals surface area contributed by atoms with Crippen LogP contribution in [0.5, 0.6) is 0 Å². The molecule has 4 atom stereocenters. The Morgan fingerprint density at radius 3 is 2.62 bits per heavy atom. The van der Waals surface area contributed by atoms with Crippen molar-refractivity contribution in [3.63, 3.8) is 0 Å². The molecule has 0 radical (unpaired) electrons. The molecule has 0 aromatic heterocycles. The number of morpholine rings is 1. The van der Waals surface area contributed by atoms with Crippen molar-refractivity contribution in [3.05, 3.63) is 0 Å². The van der Waals surface area contributed by atoms with Crippen LogP contribution >= 0.6 is 0 Å². The zero-order valence-electron chi connectivity index (χ0n) is 14.0. The minimum Gasteiger partial charge on any atom is -0.385 e. The highest BCUT2D eigenvalue weighted by atomic mass is 16.5. The number of aliphatic hydroxyl groups is 1. The van der Waals surface area contributed by atoms with Crippen molar-refractivity contribution in [1.29, 1.82) is 0 Å². The van der Waals surface area contributed by atoms with E-state index in [1.807, 2.05) is 0 Å². The second kappa shape index (κ2) is 8.47. The lowest BCUT2D eigenvalue weighted by molar-refractivity contribution is -0.911. The second-order valence-electron chi connectivity index (χ2n) is 7.42. The molecule has 1 aliphatic heterocycles. The Morgan fingerprint density at radius 1 is 1.24 bits per heavy atom. The Bertz CT molecular complexity index is 292. The van der Waals surface area contributed by atoms with Gasteiger partial charge in [-0.05, 0) is 30.6 Å². The van der Waals surface area contributed by atoms with E-state index < -0.39 is 0 Å². The van der Waals surface area contributed by atoms with Gasteiger partial charge in [0.2, 0.25) is 0 Å². The third-order valence-corrected chi connectivity index (χ3v) is 5.19. The molecule has 21 heavy (non-hydrogen) atoms. The van der Waals surface area contributed by atoms with Crippen molar-refractivity contribution < 1.29 is 19.5 Å². The van der Waals surface area contributed by atoms with E-state index in [1.54, 1.807) is 0 Å². The van der Waals surface area contributed by atoms with Gasteiger partial charge in [-0.25, -0.2) is 0 Å². The first-order valence-electron chi connectivity index (χ1n) is 8.77. The Morgan fingerprint density at radius 2 is 1.95 bits per heavy atom. The fraction of sp³-hybridized carbons (Fsp3) is 1.00. The average molecular weight is 300 g/mol. The highest BCUT2D eigenvalue weighted by Gasteiger charge is 2.32. The average Bonchev–Trinajstić information content (AvgIpc) is 2.46. The Kier molecular flexibility index (Phi) is 6.93. The molecule has 1 saturated carbocycles. The minimum absolute atomic E-state index is 0.336. The fourth-order valence-electron chi connectivity index (χ4n) is 3.80. The van der Waals surface area contributed by atoms with Crippen LogP contribution in [0.2, 0.25) is 0 Å². The first-order valence-corrected chi connectivity index (χ1v) is 8.77. The molecular weight excluding hydrogens is 266 g/mol. The maximum Gasteiger partial charge on any atom is 0.126 e. The molecule has 0 aromatic carbocycles. The van der Waals surface area contributed by atoms with Gasteiger partial charge in [0.25, 0.3) is 0 Å². The zero-order chi connectivity index (χ0) is 15.2.